The minimum Gasteiger partial charge on any atom is -0.375 e. The number of benzene rings is 3. The Morgan fingerprint density at radius 3 is 2.13 bits per heavy atom. The van der Waals surface area contributed by atoms with E-state index < -0.39 is 28.1 Å². The molecule has 0 saturated heterocycles. The van der Waals surface area contributed by atoms with Gasteiger partial charge in [-0.3, -0.25) is 8.98 Å². The molecule has 0 aliphatic heterocycles. The van der Waals surface area contributed by atoms with Gasteiger partial charge in [-0.15, -0.1) is 11.8 Å². The van der Waals surface area contributed by atoms with Crippen LogP contribution in [0, 0.1) is 13.8 Å². The maximum atomic E-state index is 13.3. The zero-order valence-electron chi connectivity index (χ0n) is 17.1. The van der Waals surface area contributed by atoms with E-state index in [9.17, 15) is 18.3 Å². The number of carbonyl (C=O) groups is 1. The zero-order valence-corrected chi connectivity index (χ0v) is 18.7. The summed E-state index contributed by atoms with van der Waals surface area (Å²) in [6, 6.07) is 18.8. The zero-order chi connectivity index (χ0) is 22.6. The van der Waals surface area contributed by atoms with E-state index in [1.54, 1.807) is 48.5 Å². The predicted molar refractivity (Wildman–Crippen MR) is 121 cm³/mol. The summed E-state index contributed by atoms with van der Waals surface area (Å²) in [6.45, 7) is 6.71. The van der Waals surface area contributed by atoms with Crippen molar-refractivity contribution in [3.8, 4) is 0 Å². The van der Waals surface area contributed by atoms with Crippen LogP contribution in [0.15, 0.2) is 82.6 Å². The second-order valence-corrected chi connectivity index (χ2v) is 9.56. The number of carbonyl (C=O) groups excluding carboxylic acids is 1. The van der Waals surface area contributed by atoms with Gasteiger partial charge < -0.3 is 5.11 Å². The Morgan fingerprint density at radius 2 is 1.58 bits per heavy atom. The number of rotatable bonds is 8. The van der Waals surface area contributed by atoms with Crippen LogP contribution in [0.4, 0.5) is 0 Å². The summed E-state index contributed by atoms with van der Waals surface area (Å²) in [7, 11) is -4.23. The molecule has 7 heteroatoms. The third kappa shape index (κ3) is 5.25. The summed E-state index contributed by atoms with van der Waals surface area (Å²) < 4.78 is 30.4. The summed E-state index contributed by atoms with van der Waals surface area (Å²) in [5.74, 6) is -0.656. The lowest BCUT2D eigenvalue weighted by Crippen LogP contribution is -2.41. The van der Waals surface area contributed by atoms with Gasteiger partial charge in [-0.2, -0.15) is 8.42 Å². The molecule has 0 aliphatic rings. The van der Waals surface area contributed by atoms with E-state index in [1.807, 2.05) is 13.2 Å². The van der Waals surface area contributed by atoms with Crippen LogP contribution in [-0.2, 0) is 19.9 Å². The third-order valence-electron chi connectivity index (χ3n) is 4.85. The summed E-state index contributed by atoms with van der Waals surface area (Å²) >= 11 is 1.51. The van der Waals surface area contributed by atoms with Crippen LogP contribution in [0.1, 0.15) is 27.0 Å². The molecular formula is C24H22O5S2. The first-order valence-corrected chi connectivity index (χ1v) is 12.0. The van der Waals surface area contributed by atoms with Crippen LogP contribution < -0.4 is 0 Å². The van der Waals surface area contributed by atoms with Gasteiger partial charge in [-0.25, -0.2) is 0 Å². The number of hydrogen-bond donors (Lipinski definition) is 1. The van der Waals surface area contributed by atoms with Crippen molar-refractivity contribution in [1.82, 2.24) is 0 Å². The quantitative estimate of drug-likeness (QED) is 0.311. The predicted octanol–water partition coefficient (Wildman–Crippen LogP) is 4.25. The standard InChI is InChI=1S/C24H22O5S2/c1-17-4-8-19(9-5-17)23(25)24(26,20-10-12-21(30-3)13-11-20)16-29-31(27,28)22-14-6-18(2)7-15-22/h2,4-15,26H,16H2,1,3H3. The molecule has 0 heterocycles. The van der Waals surface area contributed by atoms with Gasteiger partial charge in [0.25, 0.3) is 10.1 Å². The summed E-state index contributed by atoms with van der Waals surface area (Å²) in [6.07, 6.45) is 1.90. The number of ketones is 1. The van der Waals surface area contributed by atoms with Gasteiger partial charge in [-0.1, -0.05) is 54.1 Å². The van der Waals surface area contributed by atoms with Gasteiger partial charge >= 0.3 is 0 Å². The molecule has 5 nitrogen and oxygen atoms in total. The van der Waals surface area contributed by atoms with Crippen LogP contribution in [0.2, 0.25) is 0 Å². The molecular weight excluding hydrogens is 432 g/mol. The van der Waals surface area contributed by atoms with E-state index in [1.165, 1.54) is 36.0 Å². The smallest absolute Gasteiger partial charge is 0.297 e. The first kappa shape index (κ1) is 23.2. The molecule has 0 bridgehead atoms. The highest BCUT2D eigenvalue weighted by molar-refractivity contribution is 7.98. The summed E-state index contributed by atoms with van der Waals surface area (Å²) in [4.78, 5) is 14.1. The fraction of sp³-hybridized carbons (Fsp3) is 0.167. The molecule has 3 aromatic rings. The van der Waals surface area contributed by atoms with Crippen molar-refractivity contribution < 1.29 is 22.5 Å². The van der Waals surface area contributed by atoms with Crippen molar-refractivity contribution in [2.75, 3.05) is 12.9 Å². The van der Waals surface area contributed by atoms with E-state index >= 15 is 0 Å². The SMILES string of the molecule is [CH]c1ccc(S(=O)(=O)OCC(O)(C(=O)c2ccc(C)cc2)c2ccc(SC)cc2)cc1. The van der Waals surface area contributed by atoms with E-state index in [-0.39, 0.29) is 16.0 Å². The van der Waals surface area contributed by atoms with Crippen LogP contribution in [-0.4, -0.2) is 32.2 Å². The molecule has 0 aromatic heterocycles. The Labute approximate surface area is 187 Å². The van der Waals surface area contributed by atoms with Gasteiger partial charge in [0.05, 0.1) is 4.90 Å². The fourth-order valence-electron chi connectivity index (χ4n) is 2.96. The van der Waals surface area contributed by atoms with Crippen molar-refractivity contribution in [2.24, 2.45) is 0 Å². The highest BCUT2D eigenvalue weighted by atomic mass is 32.2. The Kier molecular flexibility index (Phi) is 7.01. The average molecular weight is 455 g/mol. The highest BCUT2D eigenvalue weighted by Crippen LogP contribution is 2.30. The minimum atomic E-state index is -4.23. The second kappa shape index (κ2) is 9.36. The van der Waals surface area contributed by atoms with Crippen molar-refractivity contribution in [3.63, 3.8) is 0 Å². The van der Waals surface area contributed by atoms with Gasteiger partial charge in [0.1, 0.15) is 6.61 Å². The summed E-state index contributed by atoms with van der Waals surface area (Å²) in [5, 5.41) is 11.4. The van der Waals surface area contributed by atoms with Crippen molar-refractivity contribution >= 4 is 27.7 Å². The van der Waals surface area contributed by atoms with Gasteiger partial charge in [0.2, 0.25) is 5.78 Å². The lowest BCUT2D eigenvalue weighted by Gasteiger charge is -2.27. The molecule has 31 heavy (non-hydrogen) atoms. The number of aliphatic hydroxyl groups is 1. The molecule has 3 aromatic carbocycles. The third-order valence-corrected chi connectivity index (χ3v) is 6.87. The fourth-order valence-corrected chi connectivity index (χ4v) is 4.30. The lowest BCUT2D eigenvalue weighted by atomic mass is 9.86. The maximum absolute atomic E-state index is 13.3. The second-order valence-electron chi connectivity index (χ2n) is 7.07. The normalized spacial score (nSPS) is 13.5. The molecule has 1 unspecified atom stereocenters. The molecule has 1 atom stereocenters. The highest BCUT2D eigenvalue weighted by Gasteiger charge is 2.40. The average Bonchev–Trinajstić information content (AvgIpc) is 2.78. The molecule has 2 radical (unpaired) electrons. The van der Waals surface area contributed by atoms with Gasteiger partial charge in [-0.05, 0) is 55.5 Å². The first-order valence-electron chi connectivity index (χ1n) is 9.39. The van der Waals surface area contributed by atoms with Gasteiger partial charge in [0.15, 0.2) is 5.60 Å². The topological polar surface area (TPSA) is 80.7 Å². The Balaban J connectivity index is 1.97. The molecule has 0 fully saturated rings. The Morgan fingerprint density at radius 1 is 1.00 bits per heavy atom. The number of hydrogen-bond acceptors (Lipinski definition) is 6. The van der Waals surface area contributed by atoms with Crippen molar-refractivity contribution in [1.29, 1.82) is 0 Å². The van der Waals surface area contributed by atoms with Crippen LogP contribution in [0.3, 0.4) is 0 Å². The maximum Gasteiger partial charge on any atom is 0.297 e. The van der Waals surface area contributed by atoms with E-state index in [4.69, 9.17) is 11.1 Å². The van der Waals surface area contributed by atoms with E-state index in [2.05, 4.69) is 0 Å². The van der Waals surface area contributed by atoms with Crippen LogP contribution >= 0.6 is 11.8 Å². The van der Waals surface area contributed by atoms with Crippen LogP contribution in [0.25, 0.3) is 0 Å². The molecule has 0 saturated carbocycles. The van der Waals surface area contributed by atoms with Crippen LogP contribution in [0.5, 0.6) is 0 Å². The number of Topliss-reactive ketones (excluding diaryl/α,β-unsaturated/α-hetero) is 1. The lowest BCUT2D eigenvalue weighted by molar-refractivity contribution is 0.00407. The van der Waals surface area contributed by atoms with Gasteiger partial charge in [0, 0.05) is 10.5 Å². The molecule has 1 N–H and O–H groups in total. The Bertz CT molecular complexity index is 1150. The number of aryl methyl sites for hydroxylation is 1. The first-order chi connectivity index (χ1) is 14.7. The summed E-state index contributed by atoms with van der Waals surface area (Å²) in [5.41, 5.74) is -0.364. The molecule has 0 spiro atoms. The van der Waals surface area contributed by atoms with E-state index in [0.29, 0.717) is 5.56 Å². The molecule has 160 valence electrons. The molecule has 0 amide bonds. The minimum absolute atomic E-state index is 0.121. The largest absolute Gasteiger partial charge is 0.375 e. The van der Waals surface area contributed by atoms with Crippen molar-refractivity contribution in [3.05, 3.63) is 102 Å². The molecule has 3 rings (SSSR count). The Hall–Kier alpha value is -2.45. The monoisotopic (exact) mass is 454 g/mol. The molecule has 0 aliphatic carbocycles. The number of thioether (sulfide) groups is 1. The van der Waals surface area contributed by atoms with Crippen molar-refractivity contribution in [2.45, 2.75) is 22.3 Å². The van der Waals surface area contributed by atoms with E-state index in [0.717, 1.165) is 10.5 Å².